The minimum atomic E-state index is -4.44. The zero-order chi connectivity index (χ0) is 24.1. The fourth-order valence-corrected chi connectivity index (χ4v) is 4.45. The van der Waals surface area contributed by atoms with Crippen LogP contribution >= 0.6 is 0 Å². The van der Waals surface area contributed by atoms with E-state index >= 15 is 0 Å². The van der Waals surface area contributed by atoms with Gasteiger partial charge < -0.3 is 19.9 Å². The Bertz CT molecular complexity index is 960. The maximum Gasteiger partial charge on any atom is 0.416 e. The number of nitrogens with one attached hydrogen (secondary N) is 2. The van der Waals surface area contributed by atoms with E-state index in [4.69, 9.17) is 14.7 Å². The topological polar surface area (TPSA) is 68.8 Å². The van der Waals surface area contributed by atoms with Gasteiger partial charge in [0.25, 0.3) is 0 Å². The Morgan fingerprint density at radius 2 is 1.68 bits per heavy atom. The van der Waals surface area contributed by atoms with Gasteiger partial charge in [0, 0.05) is 40.3 Å². The number of morpholine rings is 1. The van der Waals surface area contributed by atoms with Gasteiger partial charge in [0.05, 0.1) is 25.3 Å². The van der Waals surface area contributed by atoms with Crippen molar-refractivity contribution < 1.29 is 17.9 Å². The molecule has 8 nitrogen and oxygen atoms in total. The van der Waals surface area contributed by atoms with Gasteiger partial charge in [-0.2, -0.15) is 23.1 Å². The molecular formula is C23H32F3N7O. The zero-order valence-corrected chi connectivity index (χ0v) is 19.7. The first-order chi connectivity index (χ1) is 16.4. The molecule has 3 heterocycles. The molecule has 1 aromatic heterocycles. The number of aromatic nitrogens is 2. The number of hydrogen-bond donors (Lipinski definition) is 2. The Morgan fingerprint density at radius 1 is 0.971 bits per heavy atom. The molecule has 2 aliphatic rings. The lowest BCUT2D eigenvalue weighted by Gasteiger charge is -2.34. The molecule has 2 aromatic rings. The Morgan fingerprint density at radius 3 is 2.32 bits per heavy atom. The molecule has 4 rings (SSSR count). The molecule has 1 aromatic carbocycles. The molecule has 0 atom stereocenters. The van der Waals surface area contributed by atoms with Crippen LogP contribution in [-0.4, -0.2) is 63.5 Å². The molecule has 2 fully saturated rings. The third-order valence-corrected chi connectivity index (χ3v) is 6.24. The highest BCUT2D eigenvalue weighted by Crippen LogP contribution is 2.37. The molecule has 0 aliphatic carbocycles. The van der Waals surface area contributed by atoms with Crippen LogP contribution in [0, 0.1) is 0 Å². The number of hydrogen-bond acceptors (Lipinski definition) is 8. The molecule has 2 N–H and O–H groups in total. The van der Waals surface area contributed by atoms with Crippen LogP contribution in [0.15, 0.2) is 24.3 Å². The van der Waals surface area contributed by atoms with Crippen LogP contribution in [0.3, 0.4) is 0 Å². The standard InChI is InChI=1S/C23H32F3N7O/c1-27-19-20(31-10-6-3-7-11-31)29-22(32-12-14-34-15-13-32)30-21(19)33(28-2)16-17-8-4-5-9-18(17)23(24,25)26/h4-5,8-9,27-28H,3,6-7,10-16H2,1-2H3. The number of alkyl halides is 3. The van der Waals surface area contributed by atoms with E-state index in [-0.39, 0.29) is 12.1 Å². The summed E-state index contributed by atoms with van der Waals surface area (Å²) in [6, 6.07) is 5.64. The smallest absolute Gasteiger partial charge is 0.382 e. The fourth-order valence-electron chi connectivity index (χ4n) is 4.45. The second-order valence-corrected chi connectivity index (χ2v) is 8.41. The molecule has 0 saturated carbocycles. The minimum Gasteiger partial charge on any atom is -0.382 e. The van der Waals surface area contributed by atoms with E-state index in [0.29, 0.717) is 43.8 Å². The summed E-state index contributed by atoms with van der Waals surface area (Å²) < 4.78 is 46.5. The normalized spacial score (nSPS) is 17.1. The van der Waals surface area contributed by atoms with E-state index in [9.17, 15) is 13.2 Å². The number of ether oxygens (including phenoxy) is 1. The average Bonchev–Trinajstić information content (AvgIpc) is 2.87. The van der Waals surface area contributed by atoms with Crippen LogP contribution in [0.1, 0.15) is 30.4 Å². The van der Waals surface area contributed by atoms with Gasteiger partial charge in [-0.15, -0.1) is 0 Å². The molecule has 0 bridgehead atoms. The summed E-state index contributed by atoms with van der Waals surface area (Å²) in [6.07, 6.45) is -1.11. The Balaban J connectivity index is 1.78. The number of halogens is 3. The maximum absolute atomic E-state index is 13.7. The fraction of sp³-hybridized carbons (Fsp3) is 0.565. The lowest BCUT2D eigenvalue weighted by Crippen LogP contribution is -2.40. The lowest BCUT2D eigenvalue weighted by molar-refractivity contribution is -0.138. The molecule has 0 radical (unpaired) electrons. The molecule has 2 aliphatic heterocycles. The molecule has 0 unspecified atom stereocenters. The summed E-state index contributed by atoms with van der Waals surface area (Å²) in [5, 5.41) is 4.87. The quantitative estimate of drug-likeness (QED) is 0.585. The first kappa shape index (κ1) is 24.3. The van der Waals surface area contributed by atoms with Crippen LogP contribution in [0.5, 0.6) is 0 Å². The molecule has 34 heavy (non-hydrogen) atoms. The number of nitrogens with zero attached hydrogens (tertiary/aromatic N) is 5. The van der Waals surface area contributed by atoms with Crippen molar-refractivity contribution in [2.75, 3.05) is 73.6 Å². The van der Waals surface area contributed by atoms with Gasteiger partial charge in [-0.05, 0) is 30.9 Å². The molecule has 2 saturated heterocycles. The molecular weight excluding hydrogens is 447 g/mol. The van der Waals surface area contributed by atoms with Crippen molar-refractivity contribution in [3.63, 3.8) is 0 Å². The van der Waals surface area contributed by atoms with Crippen molar-refractivity contribution in [1.29, 1.82) is 0 Å². The third kappa shape index (κ3) is 5.30. The highest BCUT2D eigenvalue weighted by molar-refractivity contribution is 5.80. The van der Waals surface area contributed by atoms with Gasteiger partial charge in [0.2, 0.25) is 5.95 Å². The van der Waals surface area contributed by atoms with E-state index in [0.717, 1.165) is 37.8 Å². The van der Waals surface area contributed by atoms with E-state index in [1.165, 1.54) is 18.6 Å². The van der Waals surface area contributed by atoms with E-state index < -0.39 is 11.7 Å². The predicted octanol–water partition coefficient (Wildman–Crippen LogP) is 3.51. The molecule has 0 spiro atoms. The van der Waals surface area contributed by atoms with Crippen molar-refractivity contribution in [3.8, 4) is 0 Å². The minimum absolute atomic E-state index is 0.0140. The summed E-state index contributed by atoms with van der Waals surface area (Å²) in [4.78, 5) is 14.1. The van der Waals surface area contributed by atoms with Crippen molar-refractivity contribution in [2.45, 2.75) is 32.0 Å². The number of anilines is 4. The summed E-state index contributed by atoms with van der Waals surface area (Å²) in [6.45, 7) is 4.23. The van der Waals surface area contributed by atoms with Gasteiger partial charge in [-0.3, -0.25) is 5.01 Å². The first-order valence-electron chi connectivity index (χ1n) is 11.7. The molecule has 11 heteroatoms. The third-order valence-electron chi connectivity index (χ3n) is 6.24. The van der Waals surface area contributed by atoms with Crippen LogP contribution in [0.2, 0.25) is 0 Å². The summed E-state index contributed by atoms with van der Waals surface area (Å²) in [5.41, 5.74) is 3.26. The first-order valence-corrected chi connectivity index (χ1v) is 11.7. The van der Waals surface area contributed by atoms with Crippen molar-refractivity contribution in [1.82, 2.24) is 15.4 Å². The number of rotatable bonds is 7. The van der Waals surface area contributed by atoms with Crippen molar-refractivity contribution in [3.05, 3.63) is 35.4 Å². The Kier molecular flexibility index (Phi) is 7.62. The van der Waals surface area contributed by atoms with Gasteiger partial charge in [0.1, 0.15) is 5.69 Å². The highest BCUT2D eigenvalue weighted by atomic mass is 19.4. The van der Waals surface area contributed by atoms with Gasteiger partial charge in [-0.1, -0.05) is 18.2 Å². The number of piperidine rings is 1. The largest absolute Gasteiger partial charge is 0.416 e. The van der Waals surface area contributed by atoms with E-state index in [2.05, 4.69) is 20.5 Å². The number of benzene rings is 1. The predicted molar refractivity (Wildman–Crippen MR) is 127 cm³/mol. The van der Waals surface area contributed by atoms with Crippen LogP contribution in [0.4, 0.5) is 36.4 Å². The van der Waals surface area contributed by atoms with Gasteiger partial charge in [-0.25, -0.2) is 5.43 Å². The SMILES string of the molecule is CNc1c(N2CCCCC2)nc(N2CCOCC2)nc1N(Cc1ccccc1C(F)(F)F)NC. The Hall–Kier alpha value is -2.79. The summed E-state index contributed by atoms with van der Waals surface area (Å²) in [5.74, 6) is 1.85. The molecule has 186 valence electrons. The van der Waals surface area contributed by atoms with Gasteiger partial charge in [0.15, 0.2) is 11.6 Å². The summed E-state index contributed by atoms with van der Waals surface area (Å²) >= 11 is 0. The highest BCUT2D eigenvalue weighted by Gasteiger charge is 2.34. The van der Waals surface area contributed by atoms with Crippen molar-refractivity contribution in [2.24, 2.45) is 0 Å². The zero-order valence-electron chi connectivity index (χ0n) is 19.7. The van der Waals surface area contributed by atoms with E-state index in [1.54, 1.807) is 25.2 Å². The molecule has 0 amide bonds. The lowest BCUT2D eigenvalue weighted by atomic mass is 10.1. The Labute approximate surface area is 198 Å². The monoisotopic (exact) mass is 479 g/mol. The maximum atomic E-state index is 13.7. The average molecular weight is 480 g/mol. The second-order valence-electron chi connectivity index (χ2n) is 8.41. The van der Waals surface area contributed by atoms with Crippen LogP contribution in [0.25, 0.3) is 0 Å². The summed E-state index contributed by atoms with van der Waals surface area (Å²) in [7, 11) is 3.48. The number of hydrazine groups is 1. The van der Waals surface area contributed by atoms with Crippen LogP contribution < -0.4 is 25.6 Å². The van der Waals surface area contributed by atoms with Gasteiger partial charge >= 0.3 is 6.18 Å². The van der Waals surface area contributed by atoms with E-state index in [1.807, 2.05) is 0 Å². The second kappa shape index (κ2) is 10.6. The van der Waals surface area contributed by atoms with Crippen LogP contribution in [-0.2, 0) is 17.5 Å². The van der Waals surface area contributed by atoms with Crippen molar-refractivity contribution >= 4 is 23.3 Å².